The van der Waals surface area contributed by atoms with Gasteiger partial charge in [0.25, 0.3) is 0 Å². The first-order valence-electron chi connectivity index (χ1n) is 8.13. The molecular weight excluding hydrogens is 246 g/mol. The van der Waals surface area contributed by atoms with E-state index >= 15 is 0 Å². The lowest BCUT2D eigenvalue weighted by Crippen LogP contribution is -2.25. The Morgan fingerprint density at radius 1 is 1.15 bits per heavy atom. The van der Waals surface area contributed by atoms with Crippen LogP contribution in [-0.4, -0.2) is 31.1 Å². The Bertz CT molecular complexity index is 406. The highest BCUT2D eigenvalue weighted by atomic mass is 16.5. The number of nitrogens with zero attached hydrogens (tertiary/aromatic N) is 1. The van der Waals surface area contributed by atoms with Crippen molar-refractivity contribution in [1.29, 1.82) is 0 Å². The predicted octanol–water partition coefficient (Wildman–Crippen LogP) is 4.24. The van der Waals surface area contributed by atoms with Crippen LogP contribution in [0.15, 0.2) is 24.3 Å². The van der Waals surface area contributed by atoms with Crippen LogP contribution in [0.25, 0.3) is 0 Å². The largest absolute Gasteiger partial charge is 0.492 e. The Morgan fingerprint density at radius 2 is 1.85 bits per heavy atom. The molecule has 112 valence electrons. The van der Waals surface area contributed by atoms with Crippen LogP contribution >= 0.6 is 0 Å². The van der Waals surface area contributed by atoms with Gasteiger partial charge >= 0.3 is 0 Å². The predicted molar refractivity (Wildman–Crippen MR) is 85.5 cm³/mol. The third-order valence-electron chi connectivity index (χ3n) is 4.97. The van der Waals surface area contributed by atoms with Gasteiger partial charge in [-0.05, 0) is 61.9 Å². The zero-order valence-electron chi connectivity index (χ0n) is 13.3. The molecule has 1 aromatic carbocycles. The van der Waals surface area contributed by atoms with E-state index in [0.29, 0.717) is 0 Å². The third kappa shape index (κ3) is 3.76. The topological polar surface area (TPSA) is 12.5 Å². The van der Waals surface area contributed by atoms with Gasteiger partial charge in [-0.2, -0.15) is 0 Å². The summed E-state index contributed by atoms with van der Waals surface area (Å²) in [6.07, 6.45) is 5.03. The molecule has 2 heteroatoms. The SMILES string of the molecule is CCC(C)(CC)c1cccc(OCCN2CCCC2)c1. The number of hydrogen-bond acceptors (Lipinski definition) is 2. The summed E-state index contributed by atoms with van der Waals surface area (Å²) >= 11 is 0. The summed E-state index contributed by atoms with van der Waals surface area (Å²) in [6, 6.07) is 8.68. The van der Waals surface area contributed by atoms with Gasteiger partial charge in [0.15, 0.2) is 0 Å². The Kier molecular flexibility index (Phi) is 5.47. The monoisotopic (exact) mass is 275 g/mol. The summed E-state index contributed by atoms with van der Waals surface area (Å²) in [5, 5.41) is 0. The lowest BCUT2D eigenvalue weighted by atomic mass is 9.78. The second kappa shape index (κ2) is 7.12. The molecule has 1 aromatic rings. The molecule has 1 heterocycles. The molecule has 0 unspecified atom stereocenters. The molecule has 0 aliphatic carbocycles. The van der Waals surface area contributed by atoms with Gasteiger partial charge in [-0.1, -0.05) is 32.9 Å². The van der Waals surface area contributed by atoms with E-state index in [1.807, 2.05) is 0 Å². The Labute approximate surface area is 124 Å². The van der Waals surface area contributed by atoms with Crippen LogP contribution in [0.2, 0.25) is 0 Å². The molecule has 1 saturated heterocycles. The van der Waals surface area contributed by atoms with Crippen LogP contribution in [0.4, 0.5) is 0 Å². The van der Waals surface area contributed by atoms with E-state index in [9.17, 15) is 0 Å². The van der Waals surface area contributed by atoms with Crippen LogP contribution in [0.1, 0.15) is 52.0 Å². The van der Waals surface area contributed by atoms with Crippen molar-refractivity contribution < 1.29 is 4.74 Å². The first-order valence-corrected chi connectivity index (χ1v) is 8.13. The fraction of sp³-hybridized carbons (Fsp3) is 0.667. The minimum Gasteiger partial charge on any atom is -0.492 e. The highest BCUT2D eigenvalue weighted by Crippen LogP contribution is 2.32. The molecule has 0 aromatic heterocycles. The normalized spacial score (nSPS) is 16.6. The van der Waals surface area contributed by atoms with Gasteiger partial charge in [0.1, 0.15) is 12.4 Å². The van der Waals surface area contributed by atoms with Gasteiger partial charge in [0, 0.05) is 6.54 Å². The van der Waals surface area contributed by atoms with Gasteiger partial charge in [0.05, 0.1) is 0 Å². The lowest BCUT2D eigenvalue weighted by Gasteiger charge is -2.27. The molecule has 0 N–H and O–H groups in total. The molecule has 1 fully saturated rings. The molecule has 0 atom stereocenters. The molecule has 20 heavy (non-hydrogen) atoms. The van der Waals surface area contributed by atoms with Gasteiger partial charge < -0.3 is 4.74 Å². The van der Waals surface area contributed by atoms with E-state index in [1.54, 1.807) is 0 Å². The summed E-state index contributed by atoms with van der Waals surface area (Å²) < 4.78 is 5.95. The number of hydrogen-bond donors (Lipinski definition) is 0. The van der Waals surface area contributed by atoms with Gasteiger partial charge in [-0.25, -0.2) is 0 Å². The summed E-state index contributed by atoms with van der Waals surface area (Å²) in [4.78, 5) is 2.49. The van der Waals surface area contributed by atoms with Crippen LogP contribution in [0.5, 0.6) is 5.75 Å². The van der Waals surface area contributed by atoms with Crippen molar-refractivity contribution in [3.8, 4) is 5.75 Å². The van der Waals surface area contributed by atoms with E-state index in [1.165, 1.54) is 44.3 Å². The van der Waals surface area contributed by atoms with Gasteiger partial charge in [-0.15, -0.1) is 0 Å². The summed E-state index contributed by atoms with van der Waals surface area (Å²) in [7, 11) is 0. The van der Waals surface area contributed by atoms with Crippen LogP contribution in [0, 0.1) is 0 Å². The second-order valence-corrected chi connectivity index (χ2v) is 6.19. The Hall–Kier alpha value is -1.02. The van der Waals surface area contributed by atoms with Crippen LogP contribution in [-0.2, 0) is 5.41 Å². The van der Waals surface area contributed by atoms with Crippen LogP contribution < -0.4 is 4.74 Å². The standard InChI is InChI=1S/C18H29NO/c1-4-18(3,5-2)16-9-8-10-17(15-16)20-14-13-19-11-6-7-12-19/h8-10,15H,4-7,11-14H2,1-3H3. The molecule has 1 aliphatic heterocycles. The van der Waals surface area contributed by atoms with Crippen molar-refractivity contribution in [2.75, 3.05) is 26.2 Å². The zero-order chi connectivity index (χ0) is 14.4. The number of rotatable bonds is 7. The smallest absolute Gasteiger partial charge is 0.119 e. The Balaban J connectivity index is 1.91. The Morgan fingerprint density at radius 3 is 2.50 bits per heavy atom. The quantitative estimate of drug-likeness (QED) is 0.738. The van der Waals surface area contributed by atoms with Crippen molar-refractivity contribution in [3.05, 3.63) is 29.8 Å². The van der Waals surface area contributed by atoms with Crippen molar-refractivity contribution in [3.63, 3.8) is 0 Å². The minimum atomic E-state index is 0.272. The van der Waals surface area contributed by atoms with Crippen molar-refractivity contribution in [2.45, 2.75) is 51.9 Å². The maximum atomic E-state index is 5.95. The van der Waals surface area contributed by atoms with Crippen molar-refractivity contribution in [1.82, 2.24) is 4.90 Å². The third-order valence-corrected chi connectivity index (χ3v) is 4.97. The molecule has 0 saturated carbocycles. The summed E-state index contributed by atoms with van der Waals surface area (Å²) in [5.41, 5.74) is 1.68. The van der Waals surface area contributed by atoms with E-state index in [4.69, 9.17) is 4.74 Å². The first-order chi connectivity index (χ1) is 9.68. The highest BCUT2D eigenvalue weighted by molar-refractivity contribution is 5.33. The molecule has 0 spiro atoms. The average molecular weight is 275 g/mol. The van der Waals surface area contributed by atoms with E-state index in [0.717, 1.165) is 18.9 Å². The maximum Gasteiger partial charge on any atom is 0.119 e. The van der Waals surface area contributed by atoms with E-state index < -0.39 is 0 Å². The molecule has 2 nitrogen and oxygen atoms in total. The average Bonchev–Trinajstić information content (AvgIpc) is 3.00. The fourth-order valence-electron chi connectivity index (χ4n) is 2.92. The van der Waals surface area contributed by atoms with Crippen LogP contribution in [0.3, 0.4) is 0 Å². The molecule has 0 bridgehead atoms. The second-order valence-electron chi connectivity index (χ2n) is 6.19. The molecule has 0 radical (unpaired) electrons. The zero-order valence-corrected chi connectivity index (χ0v) is 13.3. The van der Waals surface area contributed by atoms with E-state index in [2.05, 4.69) is 49.9 Å². The number of likely N-dealkylation sites (tertiary alicyclic amines) is 1. The number of ether oxygens (including phenoxy) is 1. The number of benzene rings is 1. The molecular formula is C18H29NO. The minimum absolute atomic E-state index is 0.272. The van der Waals surface area contributed by atoms with Crippen molar-refractivity contribution in [2.24, 2.45) is 0 Å². The molecule has 2 rings (SSSR count). The van der Waals surface area contributed by atoms with Gasteiger partial charge in [0.2, 0.25) is 0 Å². The highest BCUT2D eigenvalue weighted by Gasteiger charge is 2.22. The van der Waals surface area contributed by atoms with Crippen molar-refractivity contribution >= 4 is 0 Å². The first kappa shape index (κ1) is 15.4. The molecule has 1 aliphatic rings. The van der Waals surface area contributed by atoms with E-state index in [-0.39, 0.29) is 5.41 Å². The summed E-state index contributed by atoms with van der Waals surface area (Å²) in [6.45, 7) is 11.2. The molecule has 0 amide bonds. The summed E-state index contributed by atoms with van der Waals surface area (Å²) in [5.74, 6) is 1.02. The lowest BCUT2D eigenvalue weighted by molar-refractivity contribution is 0.237. The van der Waals surface area contributed by atoms with Gasteiger partial charge in [-0.3, -0.25) is 4.90 Å². The maximum absolute atomic E-state index is 5.95. The fourth-order valence-corrected chi connectivity index (χ4v) is 2.92.